The third-order valence-electron chi connectivity index (χ3n) is 6.81. The Hall–Kier alpha value is -2.91. The van der Waals surface area contributed by atoms with Crippen LogP contribution in [0.5, 0.6) is 0 Å². The zero-order valence-electron chi connectivity index (χ0n) is 21.6. The van der Waals surface area contributed by atoms with E-state index in [4.69, 9.17) is 9.88 Å². The topological polar surface area (TPSA) is 158 Å². The summed E-state index contributed by atoms with van der Waals surface area (Å²) in [7, 11) is -4.80. The number of methoxy groups -OCH3 is 1. The van der Waals surface area contributed by atoms with Crippen LogP contribution in [-0.4, -0.2) is 57.8 Å². The van der Waals surface area contributed by atoms with Gasteiger partial charge in [0, 0.05) is 25.2 Å². The number of benzene rings is 2. The molecule has 14 heteroatoms. The number of aryl methyl sites for hydroxylation is 1. The molecule has 210 valence electrons. The quantitative estimate of drug-likeness (QED) is 0.393. The molecule has 1 saturated carbocycles. The summed E-state index contributed by atoms with van der Waals surface area (Å²) in [6, 6.07) is 9.84. The predicted molar refractivity (Wildman–Crippen MR) is 146 cm³/mol. The van der Waals surface area contributed by atoms with Crippen LogP contribution < -0.4 is 9.94 Å². The molecule has 0 atom stereocenters. The lowest BCUT2D eigenvalue weighted by Gasteiger charge is -2.30. The molecule has 1 amide bonds. The molecule has 1 fully saturated rings. The second-order valence-corrected chi connectivity index (χ2v) is 13.9. The molecular weight excluding hydrogens is 564 g/mol. The number of nitrogens with two attached hydrogens (primary N) is 1. The summed E-state index contributed by atoms with van der Waals surface area (Å²) in [6.45, 7) is 0.137. The molecule has 2 N–H and O–H groups in total. The normalized spacial score (nSPS) is 15.6. The highest BCUT2D eigenvalue weighted by Gasteiger charge is 2.29. The molecule has 0 spiro atoms. The molecule has 39 heavy (non-hydrogen) atoms. The molecule has 2 aromatic carbocycles. The van der Waals surface area contributed by atoms with E-state index in [0.717, 1.165) is 43.4 Å². The number of sulfonamides is 2. The minimum atomic E-state index is -3.95. The van der Waals surface area contributed by atoms with Crippen molar-refractivity contribution in [3.05, 3.63) is 52.8 Å². The van der Waals surface area contributed by atoms with Crippen LogP contribution in [0.15, 0.2) is 57.2 Å². The fraction of sp³-hybridized carbons (Fsp3) is 0.400. The second-order valence-electron chi connectivity index (χ2n) is 9.29. The maximum Gasteiger partial charge on any atom is 0.307 e. The number of aromatic nitrogens is 1. The maximum atomic E-state index is 13.1. The van der Waals surface area contributed by atoms with Crippen LogP contribution in [0.25, 0.3) is 10.2 Å². The number of hydrogen-bond acceptors (Lipinski definition) is 8. The number of carbonyl (C=O) groups excluding carboxylic acids is 2. The van der Waals surface area contributed by atoms with Crippen molar-refractivity contribution in [2.75, 3.05) is 14.2 Å². The van der Waals surface area contributed by atoms with E-state index in [1.165, 1.54) is 53.9 Å². The molecule has 1 aliphatic carbocycles. The Kier molecular flexibility index (Phi) is 8.71. The van der Waals surface area contributed by atoms with Gasteiger partial charge < -0.3 is 9.30 Å². The highest BCUT2D eigenvalue weighted by atomic mass is 32.2. The van der Waals surface area contributed by atoms with Gasteiger partial charge in [0.25, 0.3) is 5.91 Å². The Labute approximate surface area is 231 Å². The average Bonchev–Trinajstić information content (AvgIpc) is 3.27. The molecule has 11 nitrogen and oxygen atoms in total. The molecule has 1 heterocycles. The SMILES string of the molecule is COC(=O)CCn1c(=NC(=O)c2ccc(S(=O)(=O)N(C)C3CCCCC3)cc2)sc2cc(S(N)(=O)=O)ccc21. The number of amides is 1. The molecule has 3 aromatic rings. The largest absolute Gasteiger partial charge is 0.469 e. The second kappa shape index (κ2) is 11.7. The van der Waals surface area contributed by atoms with Crippen molar-refractivity contribution < 1.29 is 31.2 Å². The van der Waals surface area contributed by atoms with Gasteiger partial charge in [0.2, 0.25) is 20.0 Å². The van der Waals surface area contributed by atoms with Crippen LogP contribution in [0, 0.1) is 0 Å². The molecule has 0 bridgehead atoms. The molecule has 0 radical (unpaired) electrons. The lowest BCUT2D eigenvalue weighted by atomic mass is 9.96. The number of primary sulfonamides is 1. The van der Waals surface area contributed by atoms with Gasteiger partial charge in [-0.15, -0.1) is 0 Å². The van der Waals surface area contributed by atoms with Crippen molar-refractivity contribution in [1.29, 1.82) is 0 Å². The summed E-state index contributed by atoms with van der Waals surface area (Å²) in [5, 5.41) is 5.25. The van der Waals surface area contributed by atoms with Crippen LogP contribution in [0.1, 0.15) is 48.9 Å². The van der Waals surface area contributed by atoms with Gasteiger partial charge >= 0.3 is 5.97 Å². The van der Waals surface area contributed by atoms with E-state index in [1.807, 2.05) is 0 Å². The molecule has 0 unspecified atom stereocenters. The van der Waals surface area contributed by atoms with Crippen molar-refractivity contribution in [3.63, 3.8) is 0 Å². The predicted octanol–water partition coefficient (Wildman–Crippen LogP) is 2.61. The lowest BCUT2D eigenvalue weighted by molar-refractivity contribution is -0.140. The average molecular weight is 595 g/mol. The number of thiazole rings is 1. The smallest absolute Gasteiger partial charge is 0.307 e. The van der Waals surface area contributed by atoms with E-state index in [1.54, 1.807) is 11.6 Å². The third-order valence-corrected chi connectivity index (χ3v) is 10.7. The van der Waals surface area contributed by atoms with Crippen molar-refractivity contribution in [1.82, 2.24) is 8.87 Å². The number of hydrogen-bond donors (Lipinski definition) is 1. The number of carbonyl (C=O) groups is 2. The maximum absolute atomic E-state index is 13.1. The van der Waals surface area contributed by atoms with Crippen LogP contribution in [0.2, 0.25) is 0 Å². The summed E-state index contributed by atoms with van der Waals surface area (Å²) in [6.07, 6.45) is 4.77. The third kappa shape index (κ3) is 6.47. The van der Waals surface area contributed by atoms with E-state index in [0.29, 0.717) is 10.2 Å². The van der Waals surface area contributed by atoms with Crippen molar-refractivity contribution in [2.45, 2.75) is 60.9 Å². The number of fused-ring (bicyclic) bond motifs is 1. The molecule has 0 aliphatic heterocycles. The van der Waals surface area contributed by atoms with Gasteiger partial charge in [-0.3, -0.25) is 9.59 Å². The van der Waals surface area contributed by atoms with Crippen molar-refractivity contribution in [2.24, 2.45) is 10.1 Å². The van der Waals surface area contributed by atoms with Gasteiger partial charge in [0.05, 0.1) is 33.5 Å². The first-order valence-corrected chi connectivity index (χ1v) is 16.1. The van der Waals surface area contributed by atoms with Crippen LogP contribution >= 0.6 is 11.3 Å². The zero-order chi connectivity index (χ0) is 28.4. The number of rotatable bonds is 8. The Morgan fingerprint density at radius 1 is 1.05 bits per heavy atom. The fourth-order valence-corrected chi connectivity index (χ4v) is 7.69. The molecule has 1 aliphatic rings. The van der Waals surface area contributed by atoms with Gasteiger partial charge in [-0.05, 0) is 55.3 Å². The Balaban J connectivity index is 1.66. The fourth-order valence-electron chi connectivity index (χ4n) is 4.57. The van der Waals surface area contributed by atoms with E-state index < -0.39 is 31.9 Å². The van der Waals surface area contributed by atoms with Gasteiger partial charge in [-0.25, -0.2) is 22.0 Å². The number of esters is 1. The minimum Gasteiger partial charge on any atom is -0.469 e. The first-order chi connectivity index (χ1) is 18.4. The molecule has 0 saturated heterocycles. The Morgan fingerprint density at radius 3 is 2.31 bits per heavy atom. The summed E-state index contributed by atoms with van der Waals surface area (Å²) in [4.78, 5) is 29.3. The zero-order valence-corrected chi connectivity index (χ0v) is 24.0. The lowest BCUT2D eigenvalue weighted by Crippen LogP contribution is -2.38. The van der Waals surface area contributed by atoms with Crippen LogP contribution in [-0.2, 0) is 36.1 Å². The number of nitrogens with zero attached hydrogens (tertiary/aromatic N) is 3. The van der Waals surface area contributed by atoms with E-state index in [2.05, 4.69) is 4.99 Å². The van der Waals surface area contributed by atoms with Gasteiger partial charge in [-0.2, -0.15) is 9.30 Å². The molecular formula is C25H30N4O7S3. The highest BCUT2D eigenvalue weighted by Crippen LogP contribution is 2.27. The standard InChI is InChI=1S/C25H30N4O7S3/c1-28(18-6-4-3-5-7-18)39(34,35)19-10-8-17(9-11-19)24(31)27-25-29(15-14-23(30)36-2)21-13-12-20(38(26,32)33)16-22(21)37-25/h8-13,16,18H,3-7,14-15H2,1-2H3,(H2,26,32,33). The molecule has 4 rings (SSSR count). The van der Waals surface area contributed by atoms with E-state index in [9.17, 15) is 26.4 Å². The Morgan fingerprint density at radius 2 is 1.69 bits per heavy atom. The first-order valence-electron chi connectivity index (χ1n) is 12.3. The summed E-state index contributed by atoms with van der Waals surface area (Å²) >= 11 is 1.06. The van der Waals surface area contributed by atoms with Crippen molar-refractivity contribution >= 4 is 53.5 Å². The Bertz CT molecular complexity index is 1670. The highest BCUT2D eigenvalue weighted by molar-refractivity contribution is 7.89. The monoisotopic (exact) mass is 594 g/mol. The molecule has 1 aromatic heterocycles. The van der Waals surface area contributed by atoms with E-state index >= 15 is 0 Å². The van der Waals surface area contributed by atoms with Gasteiger partial charge in [-0.1, -0.05) is 30.6 Å². The summed E-state index contributed by atoms with van der Waals surface area (Å²) in [5.41, 5.74) is 0.742. The van der Waals surface area contributed by atoms with Crippen molar-refractivity contribution in [3.8, 4) is 0 Å². The van der Waals surface area contributed by atoms with Gasteiger partial charge in [0.15, 0.2) is 4.80 Å². The van der Waals surface area contributed by atoms with Crippen LogP contribution in [0.4, 0.5) is 0 Å². The number of ether oxygens (including phenoxy) is 1. The summed E-state index contributed by atoms with van der Waals surface area (Å²) < 4.78 is 58.1. The van der Waals surface area contributed by atoms with Gasteiger partial charge in [0.1, 0.15) is 0 Å². The van der Waals surface area contributed by atoms with E-state index in [-0.39, 0.29) is 39.2 Å². The minimum absolute atomic E-state index is 0.00170. The first kappa shape index (κ1) is 29.1. The van der Waals surface area contributed by atoms with Crippen LogP contribution in [0.3, 0.4) is 0 Å². The summed E-state index contributed by atoms with van der Waals surface area (Å²) in [5.74, 6) is -1.08.